The van der Waals surface area contributed by atoms with Gasteiger partial charge in [-0.1, -0.05) is 51.8 Å². The number of nitrogens with one attached hydrogen (secondary N) is 12. The topological polar surface area (TPSA) is 386 Å². The molecule has 2 atom stereocenters. The summed E-state index contributed by atoms with van der Waals surface area (Å²) in [5, 5.41) is 23.9. The SMILES string of the molecule is CCN1CCCC1CNc1cccc(-c2c[nH]c(=O)c(NC(=O)c3ccc(N4CCCCC4)cc3)c2)n1.CNC(=O)[C@@H](CC(C)C)Nc1cccc(-c2c[nH]c(=O)c(NC(=O)c3ccc(N4CCCCC4)cc3)c2)n1.Cn1cncc1-c1c[nH]c(=O)c(NC(=O)c2ccc(N3CCCCC3)cc2)c1.O=C(Nc1cc(-c2cccc(NC3CCCC3)n2)c[nH]c1=O)c1ccc(N2CCCCC2)cc1. The monoisotopic (exact) mass is 1850 g/mol. The van der Waals surface area contributed by atoms with Crippen LogP contribution in [0.25, 0.3) is 45.0 Å². The van der Waals surface area contributed by atoms with Crippen molar-refractivity contribution in [3.05, 3.63) is 277 Å². The Morgan fingerprint density at radius 2 is 0.759 bits per heavy atom. The van der Waals surface area contributed by atoms with Gasteiger partial charge in [-0.15, -0.1) is 0 Å². The third-order valence-electron chi connectivity index (χ3n) is 26.0. The number of benzene rings is 4. The number of piperidine rings is 4. The summed E-state index contributed by atoms with van der Waals surface area (Å²) in [4.78, 5) is 154. The first-order valence-electron chi connectivity index (χ1n) is 48.4. The van der Waals surface area contributed by atoms with Crippen LogP contribution in [0, 0.1) is 5.92 Å². The molecule has 714 valence electrons. The van der Waals surface area contributed by atoms with Crippen molar-refractivity contribution in [2.24, 2.45) is 13.0 Å². The summed E-state index contributed by atoms with van der Waals surface area (Å²) in [6, 6.07) is 54.5. The zero-order valence-electron chi connectivity index (χ0n) is 78.9. The summed E-state index contributed by atoms with van der Waals surface area (Å²) in [5.74, 6) is 1.10. The Balaban J connectivity index is 0.000000139. The summed E-state index contributed by atoms with van der Waals surface area (Å²) < 4.78 is 1.85. The fourth-order valence-corrected chi connectivity index (χ4v) is 18.4. The van der Waals surface area contributed by atoms with Crippen LogP contribution >= 0.6 is 0 Å². The largest absolute Gasteiger partial charge is 0.372 e. The molecule has 1 aliphatic carbocycles. The second kappa shape index (κ2) is 47.4. The molecule has 8 aromatic heterocycles. The van der Waals surface area contributed by atoms with E-state index < -0.39 is 11.6 Å². The lowest BCUT2D eigenvalue weighted by Crippen LogP contribution is -2.38. The van der Waals surface area contributed by atoms with E-state index in [4.69, 9.17) is 9.97 Å². The van der Waals surface area contributed by atoms with Crippen molar-refractivity contribution in [2.75, 3.05) is 136 Å². The number of aromatic amines is 4. The van der Waals surface area contributed by atoms with Gasteiger partial charge in [0.15, 0.2) is 0 Å². The highest BCUT2D eigenvalue weighted by atomic mass is 16.2. The fourth-order valence-electron chi connectivity index (χ4n) is 18.4. The van der Waals surface area contributed by atoms with Crippen LogP contribution in [-0.2, 0) is 11.8 Å². The maximum atomic E-state index is 12.9. The lowest BCUT2D eigenvalue weighted by atomic mass is 10.0. The van der Waals surface area contributed by atoms with Crippen LogP contribution in [0.4, 0.5) is 63.0 Å². The Bertz CT molecular complexity index is 6320. The Hall–Kier alpha value is -14.8. The van der Waals surface area contributed by atoms with Gasteiger partial charge in [-0.2, -0.15) is 0 Å². The number of amides is 5. The van der Waals surface area contributed by atoms with Crippen molar-refractivity contribution in [3.8, 4) is 45.0 Å². The van der Waals surface area contributed by atoms with E-state index >= 15 is 0 Å². The molecule has 6 aliphatic rings. The van der Waals surface area contributed by atoms with E-state index in [-0.39, 0.29) is 69.0 Å². The van der Waals surface area contributed by atoms with E-state index in [1.165, 1.54) is 116 Å². The van der Waals surface area contributed by atoms with Gasteiger partial charge in [0.05, 0.1) is 35.3 Å². The molecule has 0 radical (unpaired) electrons. The van der Waals surface area contributed by atoms with E-state index in [0.717, 1.165) is 140 Å². The van der Waals surface area contributed by atoms with Crippen LogP contribution in [0.2, 0.25) is 0 Å². The number of aromatic nitrogens is 9. The van der Waals surface area contributed by atoms with Crippen molar-refractivity contribution in [3.63, 3.8) is 0 Å². The average Bonchev–Trinajstić information content (AvgIpc) is 1.76. The molecule has 12 N–H and O–H groups in total. The highest BCUT2D eigenvalue weighted by Crippen LogP contribution is 2.32. The quantitative estimate of drug-likeness (QED) is 0.0227. The fraction of sp³-hybridized carbons (Fsp3) is 0.368. The smallest absolute Gasteiger partial charge is 0.271 e. The van der Waals surface area contributed by atoms with Crippen molar-refractivity contribution in [2.45, 2.75) is 161 Å². The number of carbonyl (C=O) groups excluding carboxylic acids is 5. The number of likely N-dealkylation sites (tertiary alicyclic amines) is 1. The highest BCUT2D eigenvalue weighted by Gasteiger charge is 2.27. The van der Waals surface area contributed by atoms with Gasteiger partial charge in [-0.3, -0.25) is 48.1 Å². The minimum Gasteiger partial charge on any atom is -0.372 e. The van der Waals surface area contributed by atoms with Crippen molar-refractivity contribution in [1.29, 1.82) is 0 Å². The predicted octanol–water partition coefficient (Wildman–Crippen LogP) is 16.9. The molecule has 4 aromatic carbocycles. The third-order valence-corrected chi connectivity index (χ3v) is 26.0. The van der Waals surface area contributed by atoms with Crippen molar-refractivity contribution in [1.82, 2.24) is 54.7 Å². The first-order chi connectivity index (χ1) is 66.7. The number of H-pyrrole nitrogens is 4. The molecule has 18 rings (SSSR count). The van der Waals surface area contributed by atoms with Gasteiger partial charge in [0.25, 0.3) is 45.9 Å². The maximum Gasteiger partial charge on any atom is 0.271 e. The molecule has 5 aliphatic heterocycles. The number of imidazole rings is 1. The van der Waals surface area contributed by atoms with Crippen LogP contribution < -0.4 is 84.4 Å². The first kappa shape index (κ1) is 96.8. The number of aryl methyl sites for hydroxylation is 1. The molecule has 1 unspecified atom stereocenters. The van der Waals surface area contributed by atoms with Gasteiger partial charge in [0.1, 0.15) is 46.2 Å². The molecule has 1 saturated carbocycles. The van der Waals surface area contributed by atoms with Gasteiger partial charge >= 0.3 is 0 Å². The molecule has 5 saturated heterocycles. The molecule has 0 bridgehead atoms. The number of hydrogen-bond acceptors (Lipinski definition) is 21. The number of rotatable bonds is 27. The lowest BCUT2D eigenvalue weighted by molar-refractivity contribution is -0.121. The number of anilines is 11. The van der Waals surface area contributed by atoms with Gasteiger partial charge in [0.2, 0.25) is 5.91 Å². The lowest BCUT2D eigenvalue weighted by Gasteiger charge is -2.28. The minimum atomic E-state index is -0.422. The number of carbonyl (C=O) groups is 5. The molecule has 6 fully saturated rings. The van der Waals surface area contributed by atoms with Gasteiger partial charge in [-0.05, 0) is 286 Å². The molecule has 13 heterocycles. The molecular weight excluding hydrogens is 1730 g/mol. The number of pyridine rings is 7. The number of hydrogen-bond donors (Lipinski definition) is 12. The average molecular weight is 1850 g/mol. The number of nitrogens with zero attached hydrogens (tertiary/aromatic N) is 10. The molecule has 31 heteroatoms. The van der Waals surface area contributed by atoms with Crippen LogP contribution in [0.5, 0.6) is 0 Å². The zero-order valence-corrected chi connectivity index (χ0v) is 78.9. The van der Waals surface area contributed by atoms with Crippen LogP contribution in [0.1, 0.15) is 184 Å². The second-order valence-electron chi connectivity index (χ2n) is 36.2. The van der Waals surface area contributed by atoms with E-state index in [0.29, 0.717) is 63.8 Å². The van der Waals surface area contributed by atoms with Crippen molar-refractivity contribution >= 4 is 92.5 Å². The van der Waals surface area contributed by atoms with E-state index in [2.05, 4.69) is 118 Å². The first-order valence-corrected chi connectivity index (χ1v) is 48.4. The maximum absolute atomic E-state index is 12.9. The van der Waals surface area contributed by atoms with Gasteiger partial charge in [0, 0.05) is 177 Å². The van der Waals surface area contributed by atoms with Crippen LogP contribution in [0.3, 0.4) is 0 Å². The Labute approximate surface area is 798 Å². The second-order valence-corrected chi connectivity index (χ2v) is 36.2. The Morgan fingerprint density at radius 1 is 0.409 bits per heavy atom. The normalized spacial score (nSPS) is 15.8. The van der Waals surface area contributed by atoms with Crippen LogP contribution in [-0.4, -0.2) is 176 Å². The molecule has 0 spiro atoms. The summed E-state index contributed by atoms with van der Waals surface area (Å²) in [6.07, 6.45) is 32.4. The molecule has 137 heavy (non-hydrogen) atoms. The summed E-state index contributed by atoms with van der Waals surface area (Å²) in [5.41, 5.74) is 11.6. The molecule has 12 aromatic rings. The Kier molecular flexibility index (Phi) is 33.5. The summed E-state index contributed by atoms with van der Waals surface area (Å²) >= 11 is 0. The molecular formula is C106H126N22O9. The Morgan fingerprint density at radius 3 is 1.12 bits per heavy atom. The predicted molar refractivity (Wildman–Crippen MR) is 548 cm³/mol. The van der Waals surface area contributed by atoms with E-state index in [1.54, 1.807) is 105 Å². The number of likely N-dealkylation sites (N-methyl/N-ethyl adjacent to an activating group) is 2. The van der Waals surface area contributed by atoms with E-state index in [1.807, 2.05) is 127 Å². The summed E-state index contributed by atoms with van der Waals surface area (Å²) in [6.45, 7) is 17.8. The minimum absolute atomic E-state index is 0.107. The summed E-state index contributed by atoms with van der Waals surface area (Å²) in [7, 11) is 3.48. The molecule has 5 amide bonds. The third kappa shape index (κ3) is 26.5. The zero-order chi connectivity index (χ0) is 95.5. The standard InChI is InChI=1S/C29H36N6O3.C29H36N6O2.C27H31N5O2.C21H23N5O2/c1-19(2)16-24(28(37)30-3)33-26-9-7-8-23(32-26)21-17-25(29(38)31-18-21)34-27(36)20-10-12-22(13-11-20)35-14-5-4-6-15-35;1-2-34-17-7-8-24(34)20-30-27-10-6-9-25(32-27)22-18-26(29(37)31-19-22)33-28(36)21-11-13-23(14-12-21)35-15-4-3-5-16-35;33-26(19-11-13-22(14-12-19)32-15-4-1-5-16-32)31-24-17-20(18-28-27(24)34)23-9-6-10-25(30-23)29-21-7-2-3-8-21;1-25-14-22-13-19(25)16-11-18(21(28)23-12-16)24-20(27)15-5-7-17(8-6-15)26-9-3-2-4-10-26/h7-13,17-19,24H,4-6,14-16H2,1-3H3,(H,30,37)(H,31,38)(H,32,33)(H,34,36);6,9-14,18-19,24H,2-5,7-8,15-17,20H2,1H3,(H,30,32)(H,31,37)(H,33,36);6,9-14,17-18,21H,1-5,7-8,15-16H2,(H,28,34)(H,29,30)(H,31,33);5-8,11-14H,2-4,9-10H2,1H3,(H,23,28)(H,24,27)/t24-;;;/m1.../s1. The van der Waals surface area contributed by atoms with Crippen LogP contribution in [0.15, 0.2) is 232 Å². The van der Waals surface area contributed by atoms with Gasteiger partial charge in [-0.25, -0.2) is 19.9 Å². The van der Waals surface area contributed by atoms with Gasteiger partial charge < -0.3 is 86.6 Å². The highest BCUT2D eigenvalue weighted by molar-refractivity contribution is 6.07. The van der Waals surface area contributed by atoms with Crippen molar-refractivity contribution < 1.29 is 24.0 Å². The molecule has 31 nitrogen and oxygen atoms in total. The van der Waals surface area contributed by atoms with E-state index in [9.17, 15) is 43.2 Å².